The minimum absolute atomic E-state index is 0.163. The smallest absolute Gasteiger partial charge is 0.253 e. The third kappa shape index (κ3) is 4.45. The van der Waals surface area contributed by atoms with E-state index in [1.807, 2.05) is 11.0 Å². The second-order valence-electron chi connectivity index (χ2n) is 8.48. The zero-order valence-electron chi connectivity index (χ0n) is 16.4. The number of aryl methyl sites for hydroxylation is 1. The van der Waals surface area contributed by atoms with Crippen molar-refractivity contribution in [3.63, 3.8) is 0 Å². The van der Waals surface area contributed by atoms with Crippen molar-refractivity contribution in [3.05, 3.63) is 29.3 Å². The number of hydrogen-bond donors (Lipinski definition) is 1. The second kappa shape index (κ2) is 7.91. The van der Waals surface area contributed by atoms with Gasteiger partial charge in [0.15, 0.2) is 0 Å². The monoisotopic (exact) mass is 369 g/mol. The third-order valence-corrected chi connectivity index (χ3v) is 6.30. The number of nitrogens with one attached hydrogen (secondary N) is 1. The van der Waals surface area contributed by atoms with Gasteiger partial charge < -0.3 is 15.1 Å². The highest BCUT2D eigenvalue weighted by Crippen LogP contribution is 2.28. The van der Waals surface area contributed by atoms with Gasteiger partial charge in [-0.25, -0.2) is 0 Å². The lowest BCUT2D eigenvalue weighted by molar-refractivity contribution is -0.121. The summed E-state index contributed by atoms with van der Waals surface area (Å²) < 4.78 is 0. The summed E-state index contributed by atoms with van der Waals surface area (Å²) in [5.41, 5.74) is 3.39. The summed E-state index contributed by atoms with van der Waals surface area (Å²) in [6.45, 7) is 2.71. The number of rotatable bonds is 5. The fraction of sp³-hybridized carbons (Fsp3) is 0.636. The molecular weight excluding hydrogens is 338 g/mol. The second-order valence-corrected chi connectivity index (χ2v) is 8.48. The summed E-state index contributed by atoms with van der Waals surface area (Å²) in [6.07, 6.45) is 8.11. The maximum Gasteiger partial charge on any atom is 0.253 e. The van der Waals surface area contributed by atoms with Gasteiger partial charge in [-0.1, -0.05) is 0 Å². The first-order chi connectivity index (χ1) is 13.1. The molecule has 0 unspecified atom stereocenters. The van der Waals surface area contributed by atoms with Crippen LogP contribution in [0.25, 0.3) is 0 Å². The number of carbonyl (C=O) groups is 2. The maximum atomic E-state index is 12.9. The van der Waals surface area contributed by atoms with Crippen LogP contribution in [0.4, 0.5) is 5.69 Å². The lowest BCUT2D eigenvalue weighted by Gasteiger charge is -2.33. The molecule has 4 rings (SSSR count). The number of likely N-dealkylation sites (tertiary alicyclic amines) is 1. The van der Waals surface area contributed by atoms with Gasteiger partial charge in [-0.2, -0.15) is 0 Å². The molecule has 1 saturated heterocycles. The third-order valence-electron chi connectivity index (χ3n) is 6.30. The van der Waals surface area contributed by atoms with Crippen molar-refractivity contribution in [3.8, 4) is 0 Å². The molecule has 2 fully saturated rings. The Morgan fingerprint density at radius 3 is 2.63 bits per heavy atom. The van der Waals surface area contributed by atoms with Crippen molar-refractivity contribution < 1.29 is 9.59 Å². The molecule has 2 heterocycles. The molecule has 1 N–H and O–H groups in total. The van der Waals surface area contributed by atoms with Crippen molar-refractivity contribution in [1.29, 1.82) is 0 Å². The molecule has 2 aliphatic heterocycles. The molecule has 0 spiro atoms. The molecule has 5 heteroatoms. The first-order valence-electron chi connectivity index (χ1n) is 10.5. The SMILES string of the molecule is CN1CCCc2cc(C(=O)N3CCC(CCC(=O)NC4CC4)CC3)ccc21. The summed E-state index contributed by atoms with van der Waals surface area (Å²) in [4.78, 5) is 29.0. The minimum atomic E-state index is 0.163. The summed E-state index contributed by atoms with van der Waals surface area (Å²) in [6, 6.07) is 6.64. The molecule has 3 aliphatic rings. The van der Waals surface area contributed by atoms with Crippen LogP contribution in [-0.4, -0.2) is 49.4 Å². The van der Waals surface area contributed by atoms with Crippen molar-refractivity contribution in [2.45, 2.75) is 57.4 Å². The molecule has 1 saturated carbocycles. The highest BCUT2D eigenvalue weighted by atomic mass is 16.2. The highest BCUT2D eigenvalue weighted by molar-refractivity contribution is 5.95. The molecule has 27 heavy (non-hydrogen) atoms. The fourth-order valence-corrected chi connectivity index (χ4v) is 4.39. The molecule has 0 bridgehead atoms. The predicted octanol–water partition coefficient (Wildman–Crippen LogP) is 2.98. The van der Waals surface area contributed by atoms with E-state index in [0.29, 0.717) is 18.4 Å². The normalized spacial score (nSPS) is 20.3. The van der Waals surface area contributed by atoms with E-state index in [4.69, 9.17) is 0 Å². The molecule has 1 aromatic rings. The first-order valence-corrected chi connectivity index (χ1v) is 10.5. The molecule has 1 aliphatic carbocycles. The molecule has 2 amide bonds. The Bertz CT molecular complexity index is 706. The van der Waals surface area contributed by atoms with E-state index in [1.165, 1.54) is 11.3 Å². The topological polar surface area (TPSA) is 52.7 Å². The van der Waals surface area contributed by atoms with Gasteiger partial charge in [0.05, 0.1) is 0 Å². The van der Waals surface area contributed by atoms with Crippen molar-refractivity contribution in [2.75, 3.05) is 31.6 Å². The summed E-state index contributed by atoms with van der Waals surface area (Å²) in [5, 5.41) is 3.06. The van der Waals surface area contributed by atoms with Crippen LogP contribution in [0.15, 0.2) is 18.2 Å². The van der Waals surface area contributed by atoms with Crippen molar-refractivity contribution >= 4 is 17.5 Å². The molecular formula is C22H31N3O2. The Morgan fingerprint density at radius 2 is 1.89 bits per heavy atom. The number of benzene rings is 1. The molecule has 5 nitrogen and oxygen atoms in total. The average Bonchev–Trinajstić information content (AvgIpc) is 3.50. The van der Waals surface area contributed by atoms with Gasteiger partial charge >= 0.3 is 0 Å². The van der Waals surface area contributed by atoms with Crippen LogP contribution in [0, 0.1) is 5.92 Å². The fourth-order valence-electron chi connectivity index (χ4n) is 4.39. The summed E-state index contributed by atoms with van der Waals surface area (Å²) in [7, 11) is 2.12. The molecule has 1 aromatic carbocycles. The summed E-state index contributed by atoms with van der Waals surface area (Å²) in [5.74, 6) is 0.933. The van der Waals surface area contributed by atoms with Gasteiger partial charge in [-0.3, -0.25) is 9.59 Å². The Balaban J connectivity index is 1.27. The Hall–Kier alpha value is -2.04. The average molecular weight is 370 g/mol. The number of fused-ring (bicyclic) bond motifs is 1. The Kier molecular flexibility index (Phi) is 5.37. The maximum absolute atomic E-state index is 12.9. The van der Waals surface area contributed by atoms with E-state index in [1.54, 1.807) is 0 Å². The van der Waals surface area contributed by atoms with Gasteiger partial charge in [-0.15, -0.1) is 0 Å². The van der Waals surface area contributed by atoms with Crippen LogP contribution in [0.3, 0.4) is 0 Å². The van der Waals surface area contributed by atoms with Gasteiger partial charge in [0.1, 0.15) is 0 Å². The van der Waals surface area contributed by atoms with Crippen LogP contribution < -0.4 is 10.2 Å². The van der Waals surface area contributed by atoms with E-state index in [2.05, 4.69) is 29.4 Å². The molecule has 0 atom stereocenters. The van der Waals surface area contributed by atoms with E-state index in [-0.39, 0.29) is 11.8 Å². The van der Waals surface area contributed by atoms with Crippen LogP contribution in [-0.2, 0) is 11.2 Å². The zero-order valence-corrected chi connectivity index (χ0v) is 16.4. The first kappa shape index (κ1) is 18.3. The number of piperidine rings is 1. The number of amides is 2. The quantitative estimate of drug-likeness (QED) is 0.868. The van der Waals surface area contributed by atoms with Gasteiger partial charge in [0, 0.05) is 50.4 Å². The predicted molar refractivity (Wildman–Crippen MR) is 107 cm³/mol. The summed E-state index contributed by atoms with van der Waals surface area (Å²) >= 11 is 0. The number of anilines is 1. The van der Waals surface area contributed by atoms with E-state index in [0.717, 1.165) is 70.1 Å². The molecule has 146 valence electrons. The van der Waals surface area contributed by atoms with Crippen molar-refractivity contribution in [1.82, 2.24) is 10.2 Å². The Morgan fingerprint density at radius 1 is 1.11 bits per heavy atom. The van der Waals surface area contributed by atoms with Crippen LogP contribution in [0.2, 0.25) is 0 Å². The number of hydrogen-bond acceptors (Lipinski definition) is 3. The Labute approximate surface area is 162 Å². The standard InChI is InChI=1S/C22H31N3O2/c1-24-12-2-3-17-15-18(5-8-20(17)24)22(27)25-13-10-16(11-14-25)4-9-21(26)23-19-6-7-19/h5,8,15-16,19H,2-4,6-7,9-14H2,1H3,(H,23,26). The molecule has 0 aromatic heterocycles. The molecule has 0 radical (unpaired) electrons. The zero-order chi connectivity index (χ0) is 18.8. The highest BCUT2D eigenvalue weighted by Gasteiger charge is 2.26. The number of nitrogens with zero attached hydrogens (tertiary/aromatic N) is 2. The lowest BCUT2D eigenvalue weighted by Crippen LogP contribution is -2.39. The van der Waals surface area contributed by atoms with E-state index in [9.17, 15) is 9.59 Å². The van der Waals surface area contributed by atoms with Gasteiger partial charge in [0.25, 0.3) is 5.91 Å². The largest absolute Gasteiger partial charge is 0.374 e. The van der Waals surface area contributed by atoms with Gasteiger partial charge in [-0.05, 0) is 74.6 Å². The van der Waals surface area contributed by atoms with Gasteiger partial charge in [0.2, 0.25) is 5.91 Å². The minimum Gasteiger partial charge on any atom is -0.374 e. The van der Waals surface area contributed by atoms with E-state index >= 15 is 0 Å². The van der Waals surface area contributed by atoms with Crippen LogP contribution in [0.5, 0.6) is 0 Å². The number of carbonyl (C=O) groups excluding carboxylic acids is 2. The van der Waals surface area contributed by atoms with Crippen LogP contribution >= 0.6 is 0 Å². The van der Waals surface area contributed by atoms with E-state index < -0.39 is 0 Å². The van der Waals surface area contributed by atoms with Crippen LogP contribution in [0.1, 0.15) is 60.9 Å². The van der Waals surface area contributed by atoms with Crippen molar-refractivity contribution in [2.24, 2.45) is 5.92 Å². The lowest BCUT2D eigenvalue weighted by atomic mass is 9.91.